The zero-order valence-corrected chi connectivity index (χ0v) is 16.1. The van der Waals surface area contributed by atoms with Gasteiger partial charge in [0.15, 0.2) is 0 Å². The number of nitrogens with zero attached hydrogens (tertiary/aromatic N) is 1. The van der Waals surface area contributed by atoms with E-state index in [0.717, 1.165) is 0 Å². The minimum Gasteiger partial charge on any atom is -0.308 e. The van der Waals surface area contributed by atoms with Crippen molar-refractivity contribution < 1.29 is 0 Å². The molecule has 6 rings (SSSR count). The number of hydrogen-bond acceptors (Lipinski definition) is 0. The Bertz CT molecular complexity index is 1380. The van der Waals surface area contributed by atoms with E-state index in [-0.39, 0.29) is 0 Å². The summed E-state index contributed by atoms with van der Waals surface area (Å²) in [5.41, 5.74) is 7.87. The molecule has 0 N–H and O–H groups in total. The number of benzene rings is 4. The number of rotatable bonds is 2. The summed E-state index contributed by atoms with van der Waals surface area (Å²) in [4.78, 5) is 0. The lowest BCUT2D eigenvalue weighted by Gasteiger charge is -2.08. The summed E-state index contributed by atoms with van der Waals surface area (Å²) in [6, 6.07) is 31.3. The first kappa shape index (κ1) is 15.7. The highest BCUT2D eigenvalue weighted by Gasteiger charge is 2.18. The van der Waals surface area contributed by atoms with Crippen LogP contribution in [0.15, 0.2) is 84.9 Å². The molecule has 4 aromatic carbocycles. The average molecular weight is 359 g/mol. The minimum atomic E-state index is 0.555. The molecule has 0 bridgehead atoms. The molecule has 134 valence electrons. The van der Waals surface area contributed by atoms with Gasteiger partial charge in [0.1, 0.15) is 0 Å². The first-order chi connectivity index (χ1) is 13.7. The van der Waals surface area contributed by atoms with E-state index in [9.17, 15) is 0 Å². The van der Waals surface area contributed by atoms with Crippen molar-refractivity contribution >= 4 is 38.1 Å². The zero-order valence-electron chi connectivity index (χ0n) is 16.1. The van der Waals surface area contributed by atoms with Gasteiger partial charge in [-0.25, -0.2) is 0 Å². The maximum atomic E-state index is 2.43. The topological polar surface area (TPSA) is 4.41 Å². The third kappa shape index (κ3) is 2.02. The van der Waals surface area contributed by atoms with Crippen molar-refractivity contribution in [3.8, 4) is 11.1 Å². The van der Waals surface area contributed by atoms with E-state index in [0.29, 0.717) is 5.92 Å². The molecule has 0 aliphatic carbocycles. The number of aromatic nitrogens is 1. The molecule has 2 aromatic heterocycles. The smallest absolute Gasteiger partial charge is 0.0620 e. The molecule has 0 saturated carbocycles. The maximum Gasteiger partial charge on any atom is 0.0620 e. The molecule has 0 aliphatic rings. The second-order valence-electron chi connectivity index (χ2n) is 8.07. The SMILES string of the molecule is CC(C)c1ccc(-c2cc3c4ccccc4n4c5ccccc5c(c2)c34)cc1. The lowest BCUT2D eigenvalue weighted by molar-refractivity contribution is 0.867. The molecule has 2 heterocycles. The lowest BCUT2D eigenvalue weighted by atomic mass is 9.96. The molecule has 0 amide bonds. The summed E-state index contributed by atoms with van der Waals surface area (Å²) in [5, 5.41) is 5.34. The zero-order chi connectivity index (χ0) is 18.8. The summed E-state index contributed by atoms with van der Waals surface area (Å²) < 4.78 is 2.43. The van der Waals surface area contributed by atoms with Crippen LogP contribution < -0.4 is 0 Å². The van der Waals surface area contributed by atoms with E-state index in [2.05, 4.69) is 103 Å². The molecule has 6 aromatic rings. The highest BCUT2D eigenvalue weighted by Crippen LogP contribution is 2.41. The van der Waals surface area contributed by atoms with Gasteiger partial charge < -0.3 is 4.40 Å². The van der Waals surface area contributed by atoms with Gasteiger partial charge in [0.05, 0.1) is 16.6 Å². The van der Waals surface area contributed by atoms with Crippen molar-refractivity contribution in [3.05, 3.63) is 90.5 Å². The summed E-state index contributed by atoms with van der Waals surface area (Å²) in [6.45, 7) is 4.49. The van der Waals surface area contributed by atoms with Crippen molar-refractivity contribution in [2.75, 3.05) is 0 Å². The Kier molecular flexibility index (Phi) is 3.14. The predicted octanol–water partition coefficient (Wildman–Crippen LogP) is 7.63. The van der Waals surface area contributed by atoms with Crippen LogP contribution >= 0.6 is 0 Å². The Morgan fingerprint density at radius 2 is 1.11 bits per heavy atom. The van der Waals surface area contributed by atoms with Gasteiger partial charge in [-0.3, -0.25) is 0 Å². The van der Waals surface area contributed by atoms with Gasteiger partial charge >= 0.3 is 0 Å². The first-order valence-electron chi connectivity index (χ1n) is 9.99. The van der Waals surface area contributed by atoms with Gasteiger partial charge in [-0.15, -0.1) is 0 Å². The Balaban J connectivity index is 1.75. The highest BCUT2D eigenvalue weighted by atomic mass is 14.9. The second-order valence-corrected chi connectivity index (χ2v) is 8.07. The van der Waals surface area contributed by atoms with Crippen LogP contribution in [0.2, 0.25) is 0 Å². The van der Waals surface area contributed by atoms with Gasteiger partial charge in [0.25, 0.3) is 0 Å². The lowest BCUT2D eigenvalue weighted by Crippen LogP contribution is -1.86. The molecule has 28 heavy (non-hydrogen) atoms. The van der Waals surface area contributed by atoms with Gasteiger partial charge in [-0.1, -0.05) is 74.5 Å². The summed E-state index contributed by atoms with van der Waals surface area (Å²) in [5.74, 6) is 0.555. The van der Waals surface area contributed by atoms with Gasteiger partial charge in [-0.2, -0.15) is 0 Å². The molecule has 1 nitrogen and oxygen atoms in total. The highest BCUT2D eigenvalue weighted by molar-refractivity contribution is 6.24. The molecule has 0 saturated heterocycles. The van der Waals surface area contributed by atoms with E-state index in [1.165, 1.54) is 54.8 Å². The Hall–Kier alpha value is -3.32. The van der Waals surface area contributed by atoms with Crippen LogP contribution in [0.5, 0.6) is 0 Å². The van der Waals surface area contributed by atoms with Gasteiger partial charge in [0, 0.05) is 21.5 Å². The van der Waals surface area contributed by atoms with E-state index in [4.69, 9.17) is 0 Å². The Morgan fingerprint density at radius 1 is 0.571 bits per heavy atom. The van der Waals surface area contributed by atoms with Crippen LogP contribution in [-0.2, 0) is 0 Å². The van der Waals surface area contributed by atoms with E-state index < -0.39 is 0 Å². The van der Waals surface area contributed by atoms with Crippen LogP contribution in [0.3, 0.4) is 0 Å². The molecule has 1 heteroatoms. The molecule has 0 spiro atoms. The summed E-state index contributed by atoms with van der Waals surface area (Å²) >= 11 is 0. The van der Waals surface area contributed by atoms with Crippen molar-refractivity contribution in [1.82, 2.24) is 4.40 Å². The third-order valence-electron chi connectivity index (χ3n) is 6.11. The fourth-order valence-electron chi connectivity index (χ4n) is 4.68. The molecule has 0 radical (unpaired) electrons. The van der Waals surface area contributed by atoms with Crippen LogP contribution in [0.1, 0.15) is 25.3 Å². The van der Waals surface area contributed by atoms with Gasteiger partial charge in [0.2, 0.25) is 0 Å². The summed E-state index contributed by atoms with van der Waals surface area (Å²) in [7, 11) is 0. The number of para-hydroxylation sites is 2. The summed E-state index contributed by atoms with van der Waals surface area (Å²) in [6.07, 6.45) is 0. The van der Waals surface area contributed by atoms with Crippen LogP contribution in [-0.4, -0.2) is 4.40 Å². The first-order valence-corrected chi connectivity index (χ1v) is 9.99. The molecule has 0 atom stereocenters. The quantitative estimate of drug-likeness (QED) is 0.299. The number of fused-ring (bicyclic) bond motifs is 6. The minimum absolute atomic E-state index is 0.555. The van der Waals surface area contributed by atoms with Crippen molar-refractivity contribution in [1.29, 1.82) is 0 Å². The van der Waals surface area contributed by atoms with Crippen molar-refractivity contribution in [3.63, 3.8) is 0 Å². The standard InChI is InChI=1S/C27H21N/c1-17(2)18-11-13-19(14-12-18)20-15-23-21-7-3-5-9-25(21)28-26-10-6-4-8-22(26)24(16-20)27(23)28/h3-17H,1-2H3. The predicted molar refractivity (Wildman–Crippen MR) is 121 cm³/mol. The largest absolute Gasteiger partial charge is 0.308 e. The van der Waals surface area contributed by atoms with Crippen LogP contribution in [0.25, 0.3) is 49.2 Å². The average Bonchev–Trinajstić information content (AvgIpc) is 3.25. The van der Waals surface area contributed by atoms with E-state index in [1.807, 2.05) is 0 Å². The van der Waals surface area contributed by atoms with Crippen molar-refractivity contribution in [2.24, 2.45) is 0 Å². The molecular formula is C27H21N. The number of hydrogen-bond donors (Lipinski definition) is 0. The van der Waals surface area contributed by atoms with E-state index >= 15 is 0 Å². The molecule has 0 unspecified atom stereocenters. The second kappa shape index (κ2) is 5.59. The monoisotopic (exact) mass is 359 g/mol. The molecule has 0 fully saturated rings. The van der Waals surface area contributed by atoms with Crippen LogP contribution in [0.4, 0.5) is 0 Å². The Labute approximate surface area is 164 Å². The van der Waals surface area contributed by atoms with E-state index in [1.54, 1.807) is 0 Å². The Morgan fingerprint density at radius 3 is 1.64 bits per heavy atom. The molecular weight excluding hydrogens is 338 g/mol. The fraction of sp³-hybridized carbons (Fsp3) is 0.111. The van der Waals surface area contributed by atoms with Gasteiger partial charge in [-0.05, 0) is 46.9 Å². The third-order valence-corrected chi connectivity index (χ3v) is 6.11. The molecule has 0 aliphatic heterocycles. The maximum absolute atomic E-state index is 2.43. The normalized spacial score (nSPS) is 12.2. The van der Waals surface area contributed by atoms with Crippen LogP contribution in [0, 0.1) is 0 Å². The van der Waals surface area contributed by atoms with Crippen molar-refractivity contribution in [2.45, 2.75) is 19.8 Å². The fourth-order valence-corrected chi connectivity index (χ4v) is 4.68.